The Morgan fingerprint density at radius 3 is 2.46 bits per heavy atom. The molecule has 0 saturated carbocycles. The van der Waals surface area contributed by atoms with Crippen molar-refractivity contribution in [3.8, 4) is 11.5 Å². The highest BCUT2D eigenvalue weighted by molar-refractivity contribution is 7.71. The Morgan fingerprint density at radius 1 is 1.09 bits per heavy atom. The number of nitrogens with two attached hydrogens (primary N) is 1. The summed E-state index contributed by atoms with van der Waals surface area (Å²) >= 11 is 5.47. The van der Waals surface area contributed by atoms with E-state index < -0.39 is 0 Å². The Balaban J connectivity index is 1.54. The number of rotatable bonds is 7. The van der Waals surface area contributed by atoms with Crippen molar-refractivity contribution in [3.05, 3.63) is 62.6 Å². The highest BCUT2D eigenvalue weighted by Crippen LogP contribution is 2.28. The van der Waals surface area contributed by atoms with Gasteiger partial charge < -0.3 is 25.1 Å². The number of carbonyl (C=O) groups excluding carboxylic acids is 2. The van der Waals surface area contributed by atoms with E-state index in [1.165, 1.54) is 4.57 Å². The molecule has 0 radical (unpaired) electrons. The second-order valence-electron chi connectivity index (χ2n) is 8.56. The van der Waals surface area contributed by atoms with Gasteiger partial charge in [-0.2, -0.15) is 0 Å². The highest BCUT2D eigenvalue weighted by atomic mass is 32.1. The molecule has 2 amide bonds. The first-order valence-corrected chi connectivity index (χ1v) is 11.8. The van der Waals surface area contributed by atoms with Crippen LogP contribution in [0, 0.1) is 10.7 Å². The van der Waals surface area contributed by atoms with E-state index in [0.29, 0.717) is 66.9 Å². The fourth-order valence-electron chi connectivity index (χ4n) is 4.42. The van der Waals surface area contributed by atoms with E-state index in [4.69, 9.17) is 27.4 Å². The van der Waals surface area contributed by atoms with Crippen molar-refractivity contribution in [2.24, 2.45) is 11.7 Å². The number of amides is 2. The minimum absolute atomic E-state index is 0.147. The maximum Gasteiger partial charge on any atom is 0.262 e. The third-order valence-electron chi connectivity index (χ3n) is 6.49. The lowest BCUT2D eigenvalue weighted by Gasteiger charge is -2.30. The molecule has 4 rings (SSSR count). The van der Waals surface area contributed by atoms with Gasteiger partial charge in [-0.15, -0.1) is 0 Å². The monoisotopic (exact) mass is 496 g/mol. The number of ether oxygens (including phenoxy) is 2. The van der Waals surface area contributed by atoms with Gasteiger partial charge in [-0.1, -0.05) is 6.07 Å². The van der Waals surface area contributed by atoms with Crippen molar-refractivity contribution in [3.63, 3.8) is 0 Å². The molecule has 1 saturated heterocycles. The van der Waals surface area contributed by atoms with Crippen molar-refractivity contribution in [2.75, 3.05) is 27.3 Å². The minimum atomic E-state index is -0.321. The van der Waals surface area contributed by atoms with Gasteiger partial charge in [0.15, 0.2) is 16.3 Å². The van der Waals surface area contributed by atoms with Crippen LogP contribution in [0.15, 0.2) is 41.2 Å². The number of methoxy groups -OCH3 is 2. The van der Waals surface area contributed by atoms with Gasteiger partial charge in [0.1, 0.15) is 0 Å². The van der Waals surface area contributed by atoms with Crippen LogP contribution in [0.5, 0.6) is 11.5 Å². The van der Waals surface area contributed by atoms with Crippen molar-refractivity contribution in [1.29, 1.82) is 0 Å². The Hall–Kier alpha value is -3.66. The SMILES string of the molecule is COc1ccc(CCn2c(=S)[nH]c3cc(C(=O)N4CCC(C(N)=O)CC4)ccc3c2=O)cc1OC. The Bertz CT molecular complexity index is 1390. The van der Waals surface area contributed by atoms with E-state index in [2.05, 4.69) is 4.98 Å². The number of H-pyrrole nitrogens is 1. The van der Waals surface area contributed by atoms with Crippen molar-refractivity contribution >= 4 is 34.9 Å². The molecule has 10 heteroatoms. The molecule has 1 aliphatic heterocycles. The Morgan fingerprint density at radius 2 is 1.80 bits per heavy atom. The average Bonchev–Trinajstić information content (AvgIpc) is 2.87. The minimum Gasteiger partial charge on any atom is -0.493 e. The number of benzene rings is 2. The van der Waals surface area contributed by atoms with Crippen LogP contribution in [0.1, 0.15) is 28.8 Å². The summed E-state index contributed by atoms with van der Waals surface area (Å²) < 4.78 is 12.4. The Kier molecular flexibility index (Phi) is 7.20. The summed E-state index contributed by atoms with van der Waals surface area (Å²) in [5.41, 5.74) is 7.12. The molecule has 3 N–H and O–H groups in total. The van der Waals surface area contributed by atoms with Gasteiger partial charge in [-0.25, -0.2) is 0 Å². The number of nitrogens with one attached hydrogen (secondary N) is 1. The van der Waals surface area contributed by atoms with Gasteiger partial charge in [0.25, 0.3) is 11.5 Å². The molecule has 2 aromatic carbocycles. The maximum atomic E-state index is 13.2. The molecular formula is C25H28N4O5S. The molecule has 2 heterocycles. The fourth-order valence-corrected chi connectivity index (χ4v) is 4.70. The molecule has 184 valence electrons. The van der Waals surface area contributed by atoms with Crippen molar-refractivity contribution in [2.45, 2.75) is 25.8 Å². The summed E-state index contributed by atoms with van der Waals surface area (Å²) in [6, 6.07) is 10.6. The van der Waals surface area contributed by atoms with Crippen LogP contribution in [0.4, 0.5) is 0 Å². The van der Waals surface area contributed by atoms with Crippen LogP contribution in [-0.4, -0.2) is 53.6 Å². The van der Waals surface area contributed by atoms with E-state index in [1.807, 2.05) is 18.2 Å². The van der Waals surface area contributed by atoms with E-state index in [9.17, 15) is 14.4 Å². The van der Waals surface area contributed by atoms with Gasteiger partial charge >= 0.3 is 0 Å². The first-order valence-electron chi connectivity index (χ1n) is 11.4. The summed E-state index contributed by atoms with van der Waals surface area (Å²) in [5.74, 6) is 0.602. The molecule has 0 unspecified atom stereocenters. The molecule has 0 aliphatic carbocycles. The number of aromatic amines is 1. The first kappa shape index (κ1) is 24.5. The smallest absolute Gasteiger partial charge is 0.262 e. The second-order valence-corrected chi connectivity index (χ2v) is 8.94. The van der Waals surface area contributed by atoms with Crippen molar-refractivity contribution < 1.29 is 19.1 Å². The molecule has 1 fully saturated rings. The number of aryl methyl sites for hydroxylation is 1. The zero-order valence-electron chi connectivity index (χ0n) is 19.7. The predicted octanol–water partition coefficient (Wildman–Crippen LogP) is 2.66. The molecule has 35 heavy (non-hydrogen) atoms. The molecule has 3 aromatic rings. The third-order valence-corrected chi connectivity index (χ3v) is 6.81. The standard InChI is InChI=1S/C25H28N4O5S/c1-33-20-6-3-15(13-21(20)34-2)7-12-29-24(32)18-5-4-17(14-19(18)27-25(29)35)23(31)28-10-8-16(9-11-28)22(26)30/h3-6,13-14,16H,7-12H2,1-2H3,(H2,26,30)(H,27,35). The number of hydrogen-bond donors (Lipinski definition) is 2. The van der Waals surface area contributed by atoms with Crippen LogP contribution in [-0.2, 0) is 17.8 Å². The van der Waals surface area contributed by atoms with Crippen molar-refractivity contribution in [1.82, 2.24) is 14.5 Å². The van der Waals surface area contributed by atoms with Crippen LogP contribution in [0.25, 0.3) is 10.9 Å². The predicted molar refractivity (Wildman–Crippen MR) is 134 cm³/mol. The lowest BCUT2D eigenvalue weighted by molar-refractivity contribution is -0.123. The highest BCUT2D eigenvalue weighted by Gasteiger charge is 2.26. The molecule has 0 bridgehead atoms. The quantitative estimate of drug-likeness (QED) is 0.486. The van der Waals surface area contributed by atoms with E-state index in [1.54, 1.807) is 37.3 Å². The topological polar surface area (TPSA) is 120 Å². The van der Waals surface area contributed by atoms with Gasteiger partial charge in [0.2, 0.25) is 5.91 Å². The molecule has 0 atom stereocenters. The lowest BCUT2D eigenvalue weighted by Crippen LogP contribution is -2.41. The van der Waals surface area contributed by atoms with Gasteiger partial charge in [-0.3, -0.25) is 19.0 Å². The zero-order chi connectivity index (χ0) is 25.1. The molecule has 1 aliphatic rings. The third kappa shape index (κ3) is 5.07. The van der Waals surface area contributed by atoms with E-state index >= 15 is 0 Å². The maximum absolute atomic E-state index is 13.2. The normalized spacial score (nSPS) is 14.2. The van der Waals surface area contributed by atoms with Crippen LogP contribution < -0.4 is 20.8 Å². The first-order chi connectivity index (χ1) is 16.8. The lowest BCUT2D eigenvalue weighted by atomic mass is 9.96. The summed E-state index contributed by atoms with van der Waals surface area (Å²) in [6.45, 7) is 1.32. The average molecular weight is 497 g/mol. The molecular weight excluding hydrogens is 468 g/mol. The number of likely N-dealkylation sites (tertiary alicyclic amines) is 1. The number of hydrogen-bond acceptors (Lipinski definition) is 6. The molecule has 1 aromatic heterocycles. The number of nitrogens with zero attached hydrogens (tertiary/aromatic N) is 2. The van der Waals surface area contributed by atoms with E-state index in [-0.39, 0.29) is 28.1 Å². The number of piperidine rings is 1. The Labute approximate surface area is 207 Å². The second kappa shape index (κ2) is 10.3. The van der Waals surface area contributed by atoms with Gasteiger partial charge in [0, 0.05) is 31.1 Å². The van der Waals surface area contributed by atoms with Crippen LogP contribution >= 0.6 is 12.2 Å². The van der Waals surface area contributed by atoms with Gasteiger partial charge in [0.05, 0.1) is 25.1 Å². The summed E-state index contributed by atoms with van der Waals surface area (Å²) in [6.07, 6.45) is 1.69. The van der Waals surface area contributed by atoms with Crippen LogP contribution in [0.3, 0.4) is 0 Å². The summed E-state index contributed by atoms with van der Waals surface area (Å²) in [5, 5.41) is 0.454. The fraction of sp³-hybridized carbons (Fsp3) is 0.360. The number of aromatic nitrogens is 2. The summed E-state index contributed by atoms with van der Waals surface area (Å²) in [7, 11) is 3.16. The molecule has 0 spiro atoms. The molecule has 9 nitrogen and oxygen atoms in total. The summed E-state index contributed by atoms with van der Waals surface area (Å²) in [4.78, 5) is 42.3. The van der Waals surface area contributed by atoms with E-state index in [0.717, 1.165) is 5.56 Å². The van der Waals surface area contributed by atoms with Gasteiger partial charge in [-0.05, 0) is 67.4 Å². The number of fused-ring (bicyclic) bond motifs is 1. The number of primary amides is 1. The number of carbonyl (C=O) groups is 2. The van der Waals surface area contributed by atoms with Crippen LogP contribution in [0.2, 0.25) is 0 Å². The largest absolute Gasteiger partial charge is 0.493 e. The zero-order valence-corrected chi connectivity index (χ0v) is 20.5.